The van der Waals surface area contributed by atoms with Gasteiger partial charge in [-0.2, -0.15) is 0 Å². The van der Waals surface area contributed by atoms with E-state index in [2.05, 4.69) is 11.6 Å². The van der Waals surface area contributed by atoms with Crippen LogP contribution in [0, 0.1) is 0 Å². The summed E-state index contributed by atoms with van der Waals surface area (Å²) in [6.45, 7) is 7.31. The van der Waals surface area contributed by atoms with Gasteiger partial charge in [-0.1, -0.05) is 20.4 Å². The normalized spacial score (nSPS) is 11.2. The Morgan fingerprint density at radius 2 is 2.46 bits per heavy atom. The van der Waals surface area contributed by atoms with E-state index in [9.17, 15) is 4.79 Å². The molecule has 13 heavy (non-hydrogen) atoms. The summed E-state index contributed by atoms with van der Waals surface area (Å²) in [5, 5.41) is 0. The quantitative estimate of drug-likeness (QED) is 0.665. The van der Waals surface area contributed by atoms with E-state index in [4.69, 9.17) is 4.42 Å². The molecule has 0 unspecified atom stereocenters. The molecule has 0 aliphatic heterocycles. The van der Waals surface area contributed by atoms with Gasteiger partial charge < -0.3 is 4.42 Å². The Balaban J connectivity index is 2.77. The van der Waals surface area contributed by atoms with E-state index in [1.807, 2.05) is 13.8 Å². The molecule has 0 fully saturated rings. The van der Waals surface area contributed by atoms with Gasteiger partial charge in [0.15, 0.2) is 12.2 Å². The number of oxazole rings is 1. The molecule has 0 aliphatic rings. The summed E-state index contributed by atoms with van der Waals surface area (Å²) in [7, 11) is 0. The molecule has 70 valence electrons. The molecule has 0 amide bonds. The van der Waals surface area contributed by atoms with E-state index in [0.717, 1.165) is 5.76 Å². The average Bonchev–Trinajstić information content (AvgIpc) is 2.55. The highest BCUT2D eigenvalue weighted by Gasteiger charge is 2.26. The summed E-state index contributed by atoms with van der Waals surface area (Å²) < 4.78 is 5.15. The van der Waals surface area contributed by atoms with Crippen molar-refractivity contribution >= 4 is 5.78 Å². The minimum Gasteiger partial charge on any atom is -0.448 e. The molecule has 0 atom stereocenters. The first-order valence-electron chi connectivity index (χ1n) is 4.10. The van der Waals surface area contributed by atoms with Crippen molar-refractivity contribution in [3.63, 3.8) is 0 Å². The Labute approximate surface area is 77.5 Å². The van der Waals surface area contributed by atoms with Crippen molar-refractivity contribution in [2.45, 2.75) is 25.7 Å². The third kappa shape index (κ3) is 2.28. The highest BCUT2D eigenvalue weighted by atomic mass is 16.3. The van der Waals surface area contributed by atoms with Gasteiger partial charge in [-0.05, 0) is 6.08 Å². The molecule has 1 heterocycles. The van der Waals surface area contributed by atoms with E-state index in [1.165, 1.54) is 12.5 Å². The molecule has 3 heteroatoms. The maximum Gasteiger partial charge on any atom is 0.180 e. The molecular weight excluding hydrogens is 166 g/mol. The summed E-state index contributed by atoms with van der Waals surface area (Å²) in [5.74, 6) is 0.740. The molecule has 3 nitrogen and oxygen atoms in total. The van der Waals surface area contributed by atoms with Crippen molar-refractivity contribution in [3.05, 3.63) is 31.0 Å². The van der Waals surface area contributed by atoms with Crippen LogP contribution in [-0.2, 0) is 10.2 Å². The minimum atomic E-state index is -0.304. The molecule has 0 bridgehead atoms. The Morgan fingerprint density at radius 1 is 1.77 bits per heavy atom. The van der Waals surface area contributed by atoms with Crippen LogP contribution in [0.2, 0.25) is 0 Å². The highest BCUT2D eigenvalue weighted by Crippen LogP contribution is 2.26. The predicted molar refractivity (Wildman–Crippen MR) is 49.4 cm³/mol. The van der Waals surface area contributed by atoms with Crippen LogP contribution >= 0.6 is 0 Å². The first-order valence-corrected chi connectivity index (χ1v) is 4.10. The number of aromatic nitrogens is 1. The van der Waals surface area contributed by atoms with Gasteiger partial charge in [0, 0.05) is 11.8 Å². The minimum absolute atomic E-state index is 0.0152. The Bertz CT molecular complexity index is 299. The number of carbonyl (C=O) groups is 1. The van der Waals surface area contributed by atoms with E-state index >= 15 is 0 Å². The second-order valence-corrected chi connectivity index (χ2v) is 3.60. The number of carbonyl (C=O) groups excluding carboxylic acids is 1. The van der Waals surface area contributed by atoms with Crippen LogP contribution in [0.5, 0.6) is 0 Å². The van der Waals surface area contributed by atoms with Crippen molar-refractivity contribution in [2.24, 2.45) is 0 Å². The number of hydrogen-bond acceptors (Lipinski definition) is 3. The topological polar surface area (TPSA) is 43.1 Å². The smallest absolute Gasteiger partial charge is 0.180 e. The van der Waals surface area contributed by atoms with Crippen LogP contribution in [0.25, 0.3) is 0 Å². The number of rotatable bonds is 4. The van der Waals surface area contributed by atoms with Crippen molar-refractivity contribution < 1.29 is 9.21 Å². The summed E-state index contributed by atoms with van der Waals surface area (Å²) in [6, 6.07) is 0. The monoisotopic (exact) mass is 179 g/mol. The third-order valence-corrected chi connectivity index (χ3v) is 1.94. The maximum absolute atomic E-state index is 11.1. The van der Waals surface area contributed by atoms with Gasteiger partial charge in [-0.15, -0.1) is 0 Å². The highest BCUT2D eigenvalue weighted by molar-refractivity contribution is 5.89. The lowest BCUT2D eigenvalue weighted by Crippen LogP contribution is -2.20. The summed E-state index contributed by atoms with van der Waals surface area (Å²) in [4.78, 5) is 15.0. The van der Waals surface area contributed by atoms with Crippen LogP contribution in [0.1, 0.15) is 26.0 Å². The van der Waals surface area contributed by atoms with Crippen molar-refractivity contribution in [3.8, 4) is 0 Å². The van der Waals surface area contributed by atoms with Crippen molar-refractivity contribution in [1.29, 1.82) is 0 Å². The average molecular weight is 179 g/mol. The van der Waals surface area contributed by atoms with Gasteiger partial charge in [-0.25, -0.2) is 4.98 Å². The maximum atomic E-state index is 11.1. The van der Waals surface area contributed by atoms with E-state index in [-0.39, 0.29) is 11.2 Å². The molecule has 0 aromatic carbocycles. The lowest BCUT2D eigenvalue weighted by atomic mass is 9.85. The molecule has 1 aromatic rings. The second-order valence-electron chi connectivity index (χ2n) is 3.60. The molecule has 0 aliphatic carbocycles. The fourth-order valence-corrected chi connectivity index (χ4v) is 1.14. The molecule has 0 radical (unpaired) electrons. The van der Waals surface area contributed by atoms with Crippen molar-refractivity contribution in [1.82, 2.24) is 4.98 Å². The van der Waals surface area contributed by atoms with Gasteiger partial charge in [0.1, 0.15) is 5.76 Å². The summed E-state index contributed by atoms with van der Waals surface area (Å²) in [6.07, 6.45) is 4.73. The van der Waals surface area contributed by atoms with Gasteiger partial charge in [0.2, 0.25) is 0 Å². The lowest BCUT2D eigenvalue weighted by Gasteiger charge is -2.19. The molecular formula is C10H13NO2. The molecule has 1 aromatic heterocycles. The SMILES string of the molecule is C=CC(=O)CC(C)(C)c1cnco1. The molecule has 0 saturated heterocycles. The molecule has 0 spiro atoms. The number of hydrogen-bond donors (Lipinski definition) is 0. The Morgan fingerprint density at radius 3 is 2.92 bits per heavy atom. The first kappa shape index (κ1) is 9.71. The fourth-order valence-electron chi connectivity index (χ4n) is 1.14. The Hall–Kier alpha value is -1.38. The summed E-state index contributed by atoms with van der Waals surface area (Å²) >= 11 is 0. The molecule has 0 saturated carbocycles. The van der Waals surface area contributed by atoms with Crippen molar-refractivity contribution in [2.75, 3.05) is 0 Å². The van der Waals surface area contributed by atoms with Crippen LogP contribution in [0.3, 0.4) is 0 Å². The number of allylic oxidation sites excluding steroid dienone is 1. The third-order valence-electron chi connectivity index (χ3n) is 1.94. The Kier molecular flexibility index (Phi) is 2.66. The first-order chi connectivity index (χ1) is 6.06. The van der Waals surface area contributed by atoms with E-state index < -0.39 is 0 Å². The molecule has 0 N–H and O–H groups in total. The van der Waals surface area contributed by atoms with Gasteiger partial charge in [-0.3, -0.25) is 4.79 Å². The lowest BCUT2D eigenvalue weighted by molar-refractivity contribution is -0.115. The zero-order valence-electron chi connectivity index (χ0n) is 7.91. The predicted octanol–water partition coefficient (Wildman–Crippen LogP) is 2.10. The standard InChI is InChI=1S/C10H13NO2/c1-4-8(12)5-10(2,3)9-6-11-7-13-9/h4,6-7H,1,5H2,2-3H3. The van der Waals surface area contributed by atoms with Crippen LogP contribution in [0.15, 0.2) is 29.7 Å². The second kappa shape index (κ2) is 3.56. The van der Waals surface area contributed by atoms with Crippen LogP contribution < -0.4 is 0 Å². The molecule has 1 rings (SSSR count). The largest absolute Gasteiger partial charge is 0.448 e. The van der Waals surface area contributed by atoms with Gasteiger partial charge >= 0.3 is 0 Å². The van der Waals surface area contributed by atoms with E-state index in [0.29, 0.717) is 6.42 Å². The zero-order valence-corrected chi connectivity index (χ0v) is 7.91. The number of nitrogens with zero attached hydrogens (tertiary/aromatic N) is 1. The fraction of sp³-hybridized carbons (Fsp3) is 0.400. The zero-order chi connectivity index (χ0) is 9.90. The van der Waals surface area contributed by atoms with Gasteiger partial charge in [0.05, 0.1) is 6.20 Å². The van der Waals surface area contributed by atoms with Gasteiger partial charge in [0.25, 0.3) is 0 Å². The van der Waals surface area contributed by atoms with Crippen LogP contribution in [-0.4, -0.2) is 10.8 Å². The van der Waals surface area contributed by atoms with E-state index in [1.54, 1.807) is 6.20 Å². The van der Waals surface area contributed by atoms with Crippen LogP contribution in [0.4, 0.5) is 0 Å². The number of ketones is 1. The summed E-state index contributed by atoms with van der Waals surface area (Å²) in [5.41, 5.74) is -0.304.